The van der Waals surface area contributed by atoms with Crippen molar-refractivity contribution in [3.05, 3.63) is 30.1 Å². The van der Waals surface area contributed by atoms with Crippen LogP contribution < -0.4 is 5.32 Å². The van der Waals surface area contributed by atoms with Crippen molar-refractivity contribution in [1.82, 2.24) is 20.1 Å². The third kappa shape index (κ3) is 4.05. The maximum atomic E-state index is 12.4. The van der Waals surface area contributed by atoms with Gasteiger partial charge in [-0.05, 0) is 38.8 Å². The normalized spacial score (nSPS) is 26.3. The van der Waals surface area contributed by atoms with Crippen LogP contribution in [0.1, 0.15) is 38.4 Å². The molecule has 1 aromatic rings. The first-order valence-corrected chi connectivity index (χ1v) is 8.89. The van der Waals surface area contributed by atoms with Gasteiger partial charge in [0.15, 0.2) is 0 Å². The van der Waals surface area contributed by atoms with Crippen LogP contribution in [0.2, 0.25) is 0 Å². The van der Waals surface area contributed by atoms with Crippen LogP contribution in [0, 0.1) is 0 Å². The first-order valence-electron chi connectivity index (χ1n) is 8.89. The van der Waals surface area contributed by atoms with Gasteiger partial charge in [0.05, 0.1) is 11.3 Å². The molecule has 24 heavy (non-hydrogen) atoms. The van der Waals surface area contributed by atoms with Crippen LogP contribution in [0.4, 0.5) is 4.79 Å². The Morgan fingerprint density at radius 3 is 2.79 bits per heavy atom. The number of amides is 2. The summed E-state index contributed by atoms with van der Waals surface area (Å²) >= 11 is 0. The lowest BCUT2D eigenvalue weighted by Crippen LogP contribution is -2.54. The van der Waals surface area contributed by atoms with Gasteiger partial charge in [0.25, 0.3) is 0 Å². The summed E-state index contributed by atoms with van der Waals surface area (Å²) in [6.45, 7) is 8.90. The van der Waals surface area contributed by atoms with Crippen LogP contribution in [0.15, 0.2) is 24.4 Å². The summed E-state index contributed by atoms with van der Waals surface area (Å²) in [7, 11) is 0. The van der Waals surface area contributed by atoms with Crippen molar-refractivity contribution < 1.29 is 9.53 Å². The van der Waals surface area contributed by atoms with E-state index in [1.807, 2.05) is 23.2 Å². The Bertz CT molecular complexity index is 537. The summed E-state index contributed by atoms with van der Waals surface area (Å²) in [5, 5.41) is 3.04. The zero-order chi connectivity index (χ0) is 17.0. The number of carbonyl (C=O) groups excluding carboxylic acids is 1. The Morgan fingerprint density at radius 1 is 1.38 bits per heavy atom. The minimum absolute atomic E-state index is 0.0249. The summed E-state index contributed by atoms with van der Waals surface area (Å²) in [5.74, 6) is 0. The topological polar surface area (TPSA) is 57.7 Å². The molecule has 0 aromatic carbocycles. The van der Waals surface area contributed by atoms with Crippen molar-refractivity contribution in [2.24, 2.45) is 0 Å². The molecule has 3 rings (SSSR count). The standard InChI is InChI=1S/C18H28N4O2/c1-15(16-6-3-4-8-19-16)21-9-11-22(12-10-21)17(23)20-14-18(2)7-5-13-24-18/h3-4,6,8,15H,5,7,9-14H2,1-2H3,(H,20,23)/t15-,18-/m0/s1. The predicted octanol–water partition coefficient (Wildman–Crippen LogP) is 2.04. The highest BCUT2D eigenvalue weighted by Gasteiger charge is 2.31. The van der Waals surface area contributed by atoms with Crippen LogP contribution in [0.3, 0.4) is 0 Å². The number of aromatic nitrogens is 1. The van der Waals surface area contributed by atoms with Crippen LogP contribution >= 0.6 is 0 Å². The van der Waals surface area contributed by atoms with Gasteiger partial charge >= 0.3 is 6.03 Å². The lowest BCUT2D eigenvalue weighted by atomic mass is 10.0. The molecule has 0 aliphatic carbocycles. The second kappa shape index (κ2) is 7.49. The number of nitrogens with one attached hydrogen (secondary N) is 1. The summed E-state index contributed by atoms with van der Waals surface area (Å²) < 4.78 is 5.73. The maximum Gasteiger partial charge on any atom is 0.317 e. The summed E-state index contributed by atoms with van der Waals surface area (Å²) in [5.41, 5.74) is 0.895. The predicted molar refractivity (Wildman–Crippen MR) is 92.8 cm³/mol. The minimum Gasteiger partial charge on any atom is -0.373 e. The molecule has 1 N–H and O–H groups in total. The van der Waals surface area contributed by atoms with E-state index >= 15 is 0 Å². The molecule has 0 radical (unpaired) electrons. The zero-order valence-electron chi connectivity index (χ0n) is 14.7. The van der Waals surface area contributed by atoms with Gasteiger partial charge in [-0.15, -0.1) is 0 Å². The fourth-order valence-corrected chi connectivity index (χ4v) is 3.47. The number of piperazine rings is 1. The first kappa shape index (κ1) is 17.2. The van der Waals surface area contributed by atoms with Crippen molar-refractivity contribution in [3.63, 3.8) is 0 Å². The number of carbonyl (C=O) groups is 1. The summed E-state index contributed by atoms with van der Waals surface area (Å²) in [6.07, 6.45) is 3.93. The van der Waals surface area contributed by atoms with E-state index in [-0.39, 0.29) is 17.7 Å². The zero-order valence-corrected chi connectivity index (χ0v) is 14.7. The van der Waals surface area contributed by atoms with Gasteiger partial charge in [0.2, 0.25) is 0 Å². The van der Waals surface area contributed by atoms with Crippen LogP contribution in [-0.4, -0.2) is 65.7 Å². The molecule has 2 atom stereocenters. The Morgan fingerprint density at radius 2 is 2.17 bits per heavy atom. The monoisotopic (exact) mass is 332 g/mol. The van der Waals surface area contributed by atoms with E-state index in [1.54, 1.807) is 0 Å². The van der Waals surface area contributed by atoms with Gasteiger partial charge in [-0.25, -0.2) is 4.79 Å². The molecule has 3 heterocycles. The summed E-state index contributed by atoms with van der Waals surface area (Å²) in [6, 6.07) is 6.33. The van der Waals surface area contributed by atoms with E-state index < -0.39 is 0 Å². The SMILES string of the molecule is C[C@@H](c1ccccn1)N1CCN(C(=O)NC[C@]2(C)CCCO2)CC1. The lowest BCUT2D eigenvalue weighted by Gasteiger charge is -2.38. The molecule has 6 heteroatoms. The molecule has 132 valence electrons. The van der Waals surface area contributed by atoms with Crippen molar-refractivity contribution in [1.29, 1.82) is 0 Å². The number of rotatable bonds is 4. The third-order valence-corrected chi connectivity index (χ3v) is 5.18. The van der Waals surface area contributed by atoms with E-state index in [0.29, 0.717) is 6.54 Å². The molecule has 2 aliphatic heterocycles. The van der Waals surface area contributed by atoms with E-state index in [0.717, 1.165) is 51.3 Å². The van der Waals surface area contributed by atoms with Gasteiger partial charge in [-0.2, -0.15) is 0 Å². The van der Waals surface area contributed by atoms with Gasteiger partial charge < -0.3 is 15.0 Å². The van der Waals surface area contributed by atoms with E-state index in [4.69, 9.17) is 4.74 Å². The average molecular weight is 332 g/mol. The van der Waals surface area contributed by atoms with Crippen molar-refractivity contribution in [2.45, 2.75) is 38.3 Å². The highest BCUT2D eigenvalue weighted by molar-refractivity contribution is 5.74. The Hall–Kier alpha value is -1.66. The minimum atomic E-state index is -0.190. The van der Waals surface area contributed by atoms with Crippen molar-refractivity contribution in [3.8, 4) is 0 Å². The highest BCUT2D eigenvalue weighted by atomic mass is 16.5. The molecule has 1 aromatic heterocycles. The quantitative estimate of drug-likeness (QED) is 0.917. The molecule has 6 nitrogen and oxygen atoms in total. The first-order chi connectivity index (χ1) is 11.6. The van der Waals surface area contributed by atoms with Crippen molar-refractivity contribution in [2.75, 3.05) is 39.3 Å². The van der Waals surface area contributed by atoms with E-state index in [2.05, 4.69) is 35.1 Å². The summed E-state index contributed by atoms with van der Waals surface area (Å²) in [4.78, 5) is 21.1. The van der Waals surface area contributed by atoms with Gasteiger partial charge in [-0.3, -0.25) is 9.88 Å². The fraction of sp³-hybridized carbons (Fsp3) is 0.667. The van der Waals surface area contributed by atoms with Gasteiger partial charge in [0.1, 0.15) is 0 Å². The number of urea groups is 1. The molecule has 2 fully saturated rings. The Kier molecular flexibility index (Phi) is 5.36. The van der Waals surface area contributed by atoms with E-state index in [9.17, 15) is 4.79 Å². The molecular formula is C18H28N4O2. The van der Waals surface area contributed by atoms with Gasteiger partial charge in [0, 0.05) is 51.6 Å². The van der Waals surface area contributed by atoms with Crippen LogP contribution in [0.5, 0.6) is 0 Å². The molecule has 0 saturated carbocycles. The number of ether oxygens (including phenoxy) is 1. The number of hydrogen-bond acceptors (Lipinski definition) is 4. The molecule has 0 unspecified atom stereocenters. The fourth-order valence-electron chi connectivity index (χ4n) is 3.47. The Labute approximate surface area is 144 Å². The number of nitrogens with zero attached hydrogens (tertiary/aromatic N) is 3. The second-order valence-electron chi connectivity index (χ2n) is 7.01. The second-order valence-corrected chi connectivity index (χ2v) is 7.01. The maximum absolute atomic E-state index is 12.4. The highest BCUT2D eigenvalue weighted by Crippen LogP contribution is 2.24. The molecule has 2 amide bonds. The average Bonchev–Trinajstić information content (AvgIpc) is 3.07. The van der Waals surface area contributed by atoms with Crippen molar-refractivity contribution >= 4 is 6.03 Å². The largest absolute Gasteiger partial charge is 0.373 e. The molecular weight excluding hydrogens is 304 g/mol. The molecule has 2 aliphatic rings. The molecule has 2 saturated heterocycles. The van der Waals surface area contributed by atoms with Crippen LogP contribution in [-0.2, 0) is 4.74 Å². The Balaban J connectivity index is 1.45. The number of hydrogen-bond donors (Lipinski definition) is 1. The third-order valence-electron chi connectivity index (χ3n) is 5.18. The number of pyridine rings is 1. The molecule has 0 spiro atoms. The van der Waals surface area contributed by atoms with Gasteiger partial charge in [-0.1, -0.05) is 6.07 Å². The van der Waals surface area contributed by atoms with Crippen LogP contribution in [0.25, 0.3) is 0 Å². The molecule has 0 bridgehead atoms. The smallest absolute Gasteiger partial charge is 0.317 e. The lowest BCUT2D eigenvalue weighted by molar-refractivity contribution is 0.0211. The van der Waals surface area contributed by atoms with E-state index in [1.165, 1.54) is 0 Å².